The molecule has 0 aliphatic carbocycles. The molecule has 1 atom stereocenters. The molecule has 1 amide bonds. The van der Waals surface area contributed by atoms with Gasteiger partial charge in [0, 0.05) is 13.0 Å². The monoisotopic (exact) mass is 298 g/mol. The van der Waals surface area contributed by atoms with E-state index < -0.39 is 5.60 Å². The number of fused-ring (bicyclic) bond motifs is 1. The lowest BCUT2D eigenvalue weighted by molar-refractivity contribution is 0.0427. The zero-order valence-electron chi connectivity index (χ0n) is 11.8. The number of H-pyrrole nitrogens is 1. The Morgan fingerprint density at radius 1 is 1.36 bits per heavy atom. The maximum atomic E-state index is 12.3. The highest BCUT2D eigenvalue weighted by molar-refractivity contribution is 6.00. The lowest BCUT2D eigenvalue weighted by atomic mass is 9.89. The average molecular weight is 298 g/mol. The summed E-state index contributed by atoms with van der Waals surface area (Å²) in [5.74, 6) is 0.479. The van der Waals surface area contributed by atoms with Gasteiger partial charge in [-0.1, -0.05) is 12.1 Å². The molecule has 22 heavy (non-hydrogen) atoms. The van der Waals surface area contributed by atoms with Crippen molar-refractivity contribution in [1.82, 2.24) is 20.3 Å². The minimum absolute atomic E-state index is 0.0672. The topological polar surface area (TPSA) is 88.2 Å². The molecule has 2 aliphatic heterocycles. The van der Waals surface area contributed by atoms with Crippen LogP contribution in [0, 0.1) is 0 Å². The molecule has 1 fully saturated rings. The van der Waals surface area contributed by atoms with Gasteiger partial charge in [-0.25, -0.2) is 0 Å². The summed E-state index contributed by atoms with van der Waals surface area (Å²) in [6.45, 7) is 0.930. The van der Waals surface area contributed by atoms with E-state index in [1.807, 2.05) is 12.1 Å². The van der Waals surface area contributed by atoms with E-state index in [0.717, 1.165) is 0 Å². The fourth-order valence-electron chi connectivity index (χ4n) is 3.16. The van der Waals surface area contributed by atoms with Crippen molar-refractivity contribution in [3.05, 3.63) is 41.7 Å². The summed E-state index contributed by atoms with van der Waals surface area (Å²) in [5.41, 5.74) is 0.277. The molecule has 1 spiro atoms. The average Bonchev–Trinajstić information content (AvgIpc) is 3.17. The fraction of sp³-hybridized carbons (Fsp3) is 0.333. The Bertz CT molecular complexity index is 743. The van der Waals surface area contributed by atoms with Crippen molar-refractivity contribution >= 4 is 11.7 Å². The number of hydrogen-bond acceptors (Lipinski definition) is 5. The molecule has 4 rings (SSSR count). The number of para-hydroxylation sites is 1. The number of carbonyl (C=O) groups excluding carboxylic acids is 2. The molecule has 0 unspecified atom stereocenters. The van der Waals surface area contributed by atoms with Crippen molar-refractivity contribution < 1.29 is 14.3 Å². The SMILES string of the molecule is O=C1C[C@]2(CCN(C(=O)c3cn[nH]n3)C2)Oc2ccccc21. The predicted octanol–water partition coefficient (Wildman–Crippen LogP) is 1.05. The van der Waals surface area contributed by atoms with Gasteiger partial charge in [-0.15, -0.1) is 0 Å². The summed E-state index contributed by atoms with van der Waals surface area (Å²) >= 11 is 0. The van der Waals surface area contributed by atoms with Gasteiger partial charge in [0.1, 0.15) is 11.4 Å². The summed E-state index contributed by atoms with van der Waals surface area (Å²) in [6, 6.07) is 7.25. The lowest BCUT2D eigenvalue weighted by Crippen LogP contribution is -2.45. The summed E-state index contributed by atoms with van der Waals surface area (Å²) in [4.78, 5) is 26.3. The van der Waals surface area contributed by atoms with Gasteiger partial charge in [0.25, 0.3) is 5.91 Å². The molecule has 0 radical (unpaired) electrons. The summed E-state index contributed by atoms with van der Waals surface area (Å²) in [5, 5.41) is 9.89. The molecule has 3 heterocycles. The van der Waals surface area contributed by atoms with Crippen LogP contribution in [0.5, 0.6) is 5.75 Å². The van der Waals surface area contributed by atoms with E-state index in [1.54, 1.807) is 17.0 Å². The molecule has 1 saturated heterocycles. The third-order valence-corrected chi connectivity index (χ3v) is 4.23. The molecule has 7 heteroatoms. The number of nitrogens with one attached hydrogen (secondary N) is 1. The maximum Gasteiger partial charge on any atom is 0.276 e. The largest absolute Gasteiger partial charge is 0.484 e. The van der Waals surface area contributed by atoms with Crippen molar-refractivity contribution in [2.24, 2.45) is 0 Å². The van der Waals surface area contributed by atoms with E-state index in [1.165, 1.54) is 6.20 Å². The van der Waals surface area contributed by atoms with Crippen LogP contribution in [-0.4, -0.2) is 50.7 Å². The summed E-state index contributed by atoms with van der Waals surface area (Å²) in [7, 11) is 0. The summed E-state index contributed by atoms with van der Waals surface area (Å²) < 4.78 is 6.09. The zero-order chi connectivity index (χ0) is 15.2. The number of aromatic amines is 1. The van der Waals surface area contributed by atoms with Gasteiger partial charge >= 0.3 is 0 Å². The number of ketones is 1. The van der Waals surface area contributed by atoms with Gasteiger partial charge < -0.3 is 9.64 Å². The molecule has 112 valence electrons. The van der Waals surface area contributed by atoms with E-state index in [-0.39, 0.29) is 17.4 Å². The number of Topliss-reactive ketones (excluding diaryl/α,β-unsaturated/α-hetero) is 1. The van der Waals surface area contributed by atoms with Gasteiger partial charge in [0.2, 0.25) is 0 Å². The van der Waals surface area contributed by atoms with Crippen LogP contribution >= 0.6 is 0 Å². The second-order valence-electron chi connectivity index (χ2n) is 5.71. The number of benzene rings is 1. The number of ether oxygens (including phenoxy) is 1. The molecule has 1 aromatic carbocycles. The van der Waals surface area contributed by atoms with Crippen LogP contribution in [-0.2, 0) is 0 Å². The van der Waals surface area contributed by atoms with Crippen LogP contribution in [0.4, 0.5) is 0 Å². The van der Waals surface area contributed by atoms with Crippen molar-refractivity contribution in [1.29, 1.82) is 0 Å². The zero-order valence-corrected chi connectivity index (χ0v) is 11.8. The van der Waals surface area contributed by atoms with E-state index in [4.69, 9.17) is 4.74 Å². The van der Waals surface area contributed by atoms with Crippen LogP contribution in [0.1, 0.15) is 33.7 Å². The number of amides is 1. The standard InChI is InChI=1S/C15H14N4O3/c20-12-7-15(22-13-4-2-1-3-10(12)13)5-6-19(9-15)14(21)11-8-16-18-17-11/h1-4,8H,5-7,9H2,(H,16,17,18)/t15-/m0/s1. The highest BCUT2D eigenvalue weighted by Gasteiger charge is 2.47. The number of likely N-dealkylation sites (tertiary alicyclic amines) is 1. The minimum atomic E-state index is -0.620. The normalized spacial score (nSPS) is 23.5. The number of hydrogen-bond donors (Lipinski definition) is 1. The van der Waals surface area contributed by atoms with E-state index >= 15 is 0 Å². The smallest absolute Gasteiger partial charge is 0.276 e. The van der Waals surface area contributed by atoms with Crippen LogP contribution in [0.3, 0.4) is 0 Å². The van der Waals surface area contributed by atoms with Gasteiger partial charge in [-0.05, 0) is 12.1 Å². The maximum absolute atomic E-state index is 12.3. The third kappa shape index (κ3) is 1.97. The van der Waals surface area contributed by atoms with Crippen LogP contribution in [0.15, 0.2) is 30.5 Å². The molecule has 7 nitrogen and oxygen atoms in total. The Kier molecular flexibility index (Phi) is 2.75. The number of carbonyl (C=O) groups is 2. The van der Waals surface area contributed by atoms with Crippen molar-refractivity contribution in [2.45, 2.75) is 18.4 Å². The second-order valence-corrected chi connectivity index (χ2v) is 5.71. The predicted molar refractivity (Wildman–Crippen MR) is 75.7 cm³/mol. The third-order valence-electron chi connectivity index (χ3n) is 4.23. The van der Waals surface area contributed by atoms with Crippen LogP contribution in [0.2, 0.25) is 0 Å². The van der Waals surface area contributed by atoms with Crippen molar-refractivity contribution in [3.8, 4) is 5.75 Å². The van der Waals surface area contributed by atoms with Gasteiger partial charge in [0.05, 0.1) is 24.7 Å². The van der Waals surface area contributed by atoms with E-state index in [2.05, 4.69) is 15.4 Å². The molecule has 1 aromatic heterocycles. The van der Waals surface area contributed by atoms with Crippen molar-refractivity contribution in [3.63, 3.8) is 0 Å². The van der Waals surface area contributed by atoms with E-state index in [9.17, 15) is 9.59 Å². The lowest BCUT2D eigenvalue weighted by Gasteiger charge is -2.34. The molecule has 0 saturated carbocycles. The van der Waals surface area contributed by atoms with Gasteiger partial charge in [-0.2, -0.15) is 15.4 Å². The Balaban J connectivity index is 1.58. The first-order valence-electron chi connectivity index (χ1n) is 7.13. The fourth-order valence-corrected chi connectivity index (χ4v) is 3.16. The molecule has 2 aromatic rings. The molecule has 2 aliphatic rings. The Morgan fingerprint density at radius 3 is 3.05 bits per heavy atom. The number of rotatable bonds is 1. The molecule has 1 N–H and O–H groups in total. The van der Waals surface area contributed by atoms with Crippen LogP contribution in [0.25, 0.3) is 0 Å². The molecule has 0 bridgehead atoms. The van der Waals surface area contributed by atoms with Crippen LogP contribution < -0.4 is 4.74 Å². The Hall–Kier alpha value is -2.70. The first kappa shape index (κ1) is 13.0. The Labute approximate surface area is 126 Å². The number of nitrogens with zero attached hydrogens (tertiary/aromatic N) is 3. The minimum Gasteiger partial charge on any atom is -0.484 e. The summed E-state index contributed by atoms with van der Waals surface area (Å²) in [6.07, 6.45) is 2.33. The first-order valence-corrected chi connectivity index (χ1v) is 7.13. The Morgan fingerprint density at radius 2 is 2.23 bits per heavy atom. The van der Waals surface area contributed by atoms with E-state index in [0.29, 0.717) is 37.2 Å². The molecular weight excluding hydrogens is 284 g/mol. The quantitative estimate of drug-likeness (QED) is 0.850. The van der Waals surface area contributed by atoms with Crippen molar-refractivity contribution in [2.75, 3.05) is 13.1 Å². The molecular formula is C15H14N4O3. The highest BCUT2D eigenvalue weighted by Crippen LogP contribution is 2.38. The first-order chi connectivity index (χ1) is 10.7. The second kappa shape index (κ2) is 4.66. The highest BCUT2D eigenvalue weighted by atomic mass is 16.5. The number of aromatic nitrogens is 3. The van der Waals surface area contributed by atoms with Gasteiger partial charge in [-0.3, -0.25) is 9.59 Å². The van der Waals surface area contributed by atoms with Gasteiger partial charge in [0.15, 0.2) is 11.5 Å².